The fourth-order valence-corrected chi connectivity index (χ4v) is 4.92. The number of nitrogens with zero attached hydrogens (tertiary/aromatic N) is 2. The molecule has 1 fully saturated rings. The number of fused-ring (bicyclic) bond motifs is 1. The summed E-state index contributed by atoms with van der Waals surface area (Å²) in [6, 6.07) is 5.10. The summed E-state index contributed by atoms with van der Waals surface area (Å²) < 4.78 is 4.66. The van der Waals surface area contributed by atoms with Crippen molar-refractivity contribution in [2.45, 2.75) is 46.2 Å². The molecule has 0 saturated carbocycles. The van der Waals surface area contributed by atoms with Crippen molar-refractivity contribution in [3.8, 4) is 0 Å². The van der Waals surface area contributed by atoms with Crippen LogP contribution in [0.4, 0.5) is 10.5 Å². The van der Waals surface area contributed by atoms with Crippen LogP contribution < -0.4 is 4.90 Å². The third-order valence-electron chi connectivity index (χ3n) is 5.37. The Bertz CT molecular complexity index is 948. The van der Waals surface area contributed by atoms with Gasteiger partial charge in [-0.15, -0.1) is 0 Å². The Morgan fingerprint density at radius 1 is 1.31 bits per heavy atom. The summed E-state index contributed by atoms with van der Waals surface area (Å²) in [6.45, 7) is 11.0. The molecule has 0 spiro atoms. The van der Waals surface area contributed by atoms with Crippen LogP contribution in [-0.2, 0) is 14.3 Å². The number of hydrogen-bond donors (Lipinski definition) is 0. The molecule has 0 unspecified atom stereocenters. The van der Waals surface area contributed by atoms with Gasteiger partial charge in [0.25, 0.3) is 11.1 Å². The number of ether oxygens (including phenoxy) is 1. The molecule has 1 saturated heterocycles. The Kier molecular flexibility index (Phi) is 5.63. The van der Waals surface area contributed by atoms with Gasteiger partial charge in [-0.05, 0) is 75.7 Å². The first-order valence-electron chi connectivity index (χ1n) is 9.57. The lowest BCUT2D eigenvalue weighted by Crippen LogP contribution is -2.44. The van der Waals surface area contributed by atoms with Gasteiger partial charge in [0.15, 0.2) is 0 Å². The van der Waals surface area contributed by atoms with Crippen LogP contribution in [0.15, 0.2) is 29.2 Å². The number of likely N-dealkylation sites (N-methyl/N-ethyl adjacent to an activating group) is 1. The molecule has 7 heteroatoms. The molecular formula is C22H26N2O4S. The Morgan fingerprint density at radius 2 is 2.00 bits per heavy atom. The zero-order valence-electron chi connectivity index (χ0n) is 17.6. The highest BCUT2D eigenvalue weighted by Crippen LogP contribution is 2.40. The molecule has 2 aliphatic rings. The third-order valence-corrected chi connectivity index (χ3v) is 6.25. The van der Waals surface area contributed by atoms with Crippen LogP contribution in [0.3, 0.4) is 0 Å². The van der Waals surface area contributed by atoms with Crippen molar-refractivity contribution in [2.75, 3.05) is 18.6 Å². The highest BCUT2D eigenvalue weighted by molar-refractivity contribution is 8.18. The average Bonchev–Trinajstić information content (AvgIpc) is 2.93. The Balaban J connectivity index is 1.95. The van der Waals surface area contributed by atoms with Crippen molar-refractivity contribution in [1.82, 2.24) is 4.90 Å². The van der Waals surface area contributed by atoms with Gasteiger partial charge in [0.2, 0.25) is 0 Å². The van der Waals surface area contributed by atoms with E-state index in [2.05, 4.69) is 49.5 Å². The molecule has 2 amide bonds. The zero-order valence-corrected chi connectivity index (χ0v) is 18.4. The van der Waals surface area contributed by atoms with Gasteiger partial charge in [0, 0.05) is 17.8 Å². The van der Waals surface area contributed by atoms with Crippen LogP contribution in [0.2, 0.25) is 0 Å². The van der Waals surface area contributed by atoms with E-state index in [1.165, 1.54) is 19.6 Å². The van der Waals surface area contributed by atoms with Crippen molar-refractivity contribution in [3.05, 3.63) is 40.3 Å². The molecule has 2 heterocycles. The van der Waals surface area contributed by atoms with E-state index < -0.39 is 23.2 Å². The maximum absolute atomic E-state index is 12.7. The fourth-order valence-electron chi connectivity index (χ4n) is 4.01. The minimum Gasteiger partial charge on any atom is -0.467 e. The van der Waals surface area contributed by atoms with E-state index in [9.17, 15) is 14.4 Å². The van der Waals surface area contributed by atoms with Gasteiger partial charge < -0.3 is 9.64 Å². The molecule has 0 radical (unpaired) electrons. The number of allylic oxidation sites excluding steroid dienone is 1. The number of amides is 2. The van der Waals surface area contributed by atoms with Crippen molar-refractivity contribution in [2.24, 2.45) is 0 Å². The lowest BCUT2D eigenvalue weighted by molar-refractivity contribution is -0.148. The molecule has 1 aromatic carbocycles. The predicted octanol–water partition coefficient (Wildman–Crippen LogP) is 4.31. The summed E-state index contributed by atoms with van der Waals surface area (Å²) >= 11 is 0.842. The lowest BCUT2D eigenvalue weighted by atomic mass is 9.88. The Morgan fingerprint density at radius 3 is 2.62 bits per heavy atom. The average molecular weight is 415 g/mol. The van der Waals surface area contributed by atoms with Crippen LogP contribution in [0.1, 0.15) is 45.7 Å². The van der Waals surface area contributed by atoms with Crippen molar-refractivity contribution < 1.29 is 19.1 Å². The molecule has 6 nitrogen and oxygen atoms in total. The largest absolute Gasteiger partial charge is 0.467 e. The number of esters is 1. The number of hydrogen-bond acceptors (Lipinski definition) is 6. The van der Waals surface area contributed by atoms with Gasteiger partial charge in [-0.25, -0.2) is 4.79 Å². The number of thioether (sulfide) groups is 1. The summed E-state index contributed by atoms with van der Waals surface area (Å²) in [5.74, 6) is -1.09. The van der Waals surface area contributed by atoms with Crippen LogP contribution in [0, 0.1) is 0 Å². The molecule has 1 aromatic rings. The second kappa shape index (κ2) is 7.71. The minimum atomic E-state index is -0.951. The highest BCUT2D eigenvalue weighted by atomic mass is 32.2. The van der Waals surface area contributed by atoms with E-state index in [-0.39, 0.29) is 5.54 Å². The van der Waals surface area contributed by atoms with Crippen LogP contribution >= 0.6 is 11.8 Å². The standard InChI is InChI=1S/C22H26N2O4S/c1-7-23-17-9-8-15(10-16(17)13(2)12-22(23,4)5)11-18-19(25)24(21(27)29-18)14(3)20(26)28-6/h8-12,14H,7H2,1-6H3/b18-11+/t14-/m1/s1. The van der Waals surface area contributed by atoms with Gasteiger partial charge >= 0.3 is 5.97 Å². The molecule has 0 bridgehead atoms. The molecule has 1 atom stereocenters. The lowest BCUT2D eigenvalue weighted by Gasteiger charge is -2.42. The number of carbonyl (C=O) groups is 3. The van der Waals surface area contributed by atoms with Crippen LogP contribution in [0.25, 0.3) is 11.6 Å². The molecule has 154 valence electrons. The second-order valence-corrected chi connectivity index (χ2v) is 8.75. The van der Waals surface area contributed by atoms with Gasteiger partial charge in [0.05, 0.1) is 17.6 Å². The molecule has 3 rings (SSSR count). The summed E-state index contributed by atoms with van der Waals surface area (Å²) in [7, 11) is 1.23. The maximum Gasteiger partial charge on any atom is 0.328 e. The number of rotatable bonds is 4. The first-order chi connectivity index (χ1) is 13.6. The van der Waals surface area contributed by atoms with Crippen molar-refractivity contribution in [3.63, 3.8) is 0 Å². The first kappa shape index (κ1) is 21.2. The number of benzene rings is 1. The molecule has 0 aliphatic carbocycles. The first-order valence-corrected chi connectivity index (χ1v) is 10.4. The normalized spacial score (nSPS) is 20.6. The van der Waals surface area contributed by atoms with Gasteiger partial charge in [0.1, 0.15) is 6.04 Å². The number of methoxy groups -OCH3 is 1. The smallest absolute Gasteiger partial charge is 0.328 e. The molecule has 2 aliphatic heterocycles. The molecular weight excluding hydrogens is 388 g/mol. The maximum atomic E-state index is 12.7. The second-order valence-electron chi connectivity index (χ2n) is 7.75. The summed E-state index contributed by atoms with van der Waals surface area (Å²) in [6.07, 6.45) is 3.95. The summed E-state index contributed by atoms with van der Waals surface area (Å²) in [5, 5.41) is -0.466. The SMILES string of the molecule is CCN1c2ccc(/C=C3/SC(=O)N([C@H](C)C(=O)OC)C3=O)cc2C(C)=CC1(C)C. The van der Waals surface area contributed by atoms with Gasteiger partial charge in [-0.1, -0.05) is 12.1 Å². The van der Waals surface area contributed by atoms with E-state index >= 15 is 0 Å². The van der Waals surface area contributed by atoms with E-state index in [4.69, 9.17) is 0 Å². The fraction of sp³-hybridized carbons (Fsp3) is 0.409. The van der Waals surface area contributed by atoms with E-state index in [1.54, 1.807) is 6.08 Å². The predicted molar refractivity (Wildman–Crippen MR) is 116 cm³/mol. The summed E-state index contributed by atoms with van der Waals surface area (Å²) in [5.41, 5.74) is 4.21. The number of anilines is 1. The van der Waals surface area contributed by atoms with Gasteiger partial charge in [-0.3, -0.25) is 14.5 Å². The Hall–Kier alpha value is -2.54. The van der Waals surface area contributed by atoms with Crippen LogP contribution in [0.5, 0.6) is 0 Å². The summed E-state index contributed by atoms with van der Waals surface area (Å²) in [4.78, 5) is 40.3. The molecule has 29 heavy (non-hydrogen) atoms. The topological polar surface area (TPSA) is 66.9 Å². The number of imide groups is 1. The molecule has 0 aromatic heterocycles. The van der Waals surface area contributed by atoms with Gasteiger partial charge in [-0.2, -0.15) is 0 Å². The van der Waals surface area contributed by atoms with Crippen molar-refractivity contribution in [1.29, 1.82) is 0 Å². The minimum absolute atomic E-state index is 0.0694. The molecule has 0 N–H and O–H groups in total. The monoisotopic (exact) mass is 414 g/mol. The zero-order chi connectivity index (χ0) is 21.5. The van der Waals surface area contributed by atoms with Crippen molar-refractivity contribution >= 4 is 46.2 Å². The van der Waals surface area contributed by atoms with E-state index in [0.29, 0.717) is 4.91 Å². The highest BCUT2D eigenvalue weighted by Gasteiger charge is 2.41. The number of carbonyl (C=O) groups excluding carboxylic acids is 3. The van der Waals surface area contributed by atoms with Crippen LogP contribution in [-0.4, -0.2) is 47.3 Å². The Labute approximate surface area is 175 Å². The van der Waals surface area contributed by atoms with E-state index in [0.717, 1.165) is 40.0 Å². The third kappa shape index (κ3) is 3.71. The quantitative estimate of drug-likeness (QED) is 0.540. The van der Waals surface area contributed by atoms with E-state index in [1.807, 2.05) is 12.1 Å².